The molecule has 0 radical (unpaired) electrons. The van der Waals surface area contributed by atoms with Crippen LogP contribution in [0, 0.1) is 10.1 Å². The summed E-state index contributed by atoms with van der Waals surface area (Å²) in [5.41, 5.74) is 0.242. The molecule has 0 aliphatic heterocycles. The standard InChI is InChI=1S/C7H8N2O4.ClH/c8-13-4-5-1-2-6(9(11)12)7(10)3-5;/h1-3,10H,4,8H2;1H. The van der Waals surface area contributed by atoms with Crippen LogP contribution in [0.25, 0.3) is 0 Å². The molecule has 0 aliphatic carbocycles. The van der Waals surface area contributed by atoms with Gasteiger partial charge < -0.3 is 5.11 Å². The topological polar surface area (TPSA) is 98.6 Å². The molecule has 0 unspecified atom stereocenters. The van der Waals surface area contributed by atoms with Crippen LogP contribution in [0.3, 0.4) is 0 Å². The third-order valence-electron chi connectivity index (χ3n) is 1.49. The summed E-state index contributed by atoms with van der Waals surface area (Å²) in [7, 11) is 0. The van der Waals surface area contributed by atoms with Crippen molar-refractivity contribution in [3.8, 4) is 5.75 Å². The monoisotopic (exact) mass is 220 g/mol. The second-order valence-electron chi connectivity index (χ2n) is 2.39. The van der Waals surface area contributed by atoms with Gasteiger partial charge >= 0.3 is 5.69 Å². The van der Waals surface area contributed by atoms with Gasteiger partial charge in [-0.25, -0.2) is 5.90 Å². The number of aromatic hydroxyl groups is 1. The molecule has 0 spiro atoms. The molecule has 0 aromatic heterocycles. The average molecular weight is 221 g/mol. The second-order valence-corrected chi connectivity index (χ2v) is 2.39. The van der Waals surface area contributed by atoms with Gasteiger partial charge in [-0.3, -0.25) is 15.0 Å². The average Bonchev–Trinajstić information content (AvgIpc) is 2.04. The van der Waals surface area contributed by atoms with Crippen molar-refractivity contribution in [2.24, 2.45) is 5.90 Å². The quantitative estimate of drug-likeness (QED) is 0.587. The Morgan fingerprint density at radius 3 is 2.64 bits per heavy atom. The smallest absolute Gasteiger partial charge is 0.310 e. The van der Waals surface area contributed by atoms with Gasteiger partial charge in [0, 0.05) is 6.07 Å². The van der Waals surface area contributed by atoms with E-state index in [2.05, 4.69) is 4.84 Å². The van der Waals surface area contributed by atoms with E-state index < -0.39 is 4.92 Å². The third kappa shape index (κ3) is 2.84. The molecule has 1 aromatic carbocycles. The minimum Gasteiger partial charge on any atom is -0.502 e. The zero-order chi connectivity index (χ0) is 9.84. The summed E-state index contributed by atoms with van der Waals surface area (Å²) < 4.78 is 0. The van der Waals surface area contributed by atoms with Gasteiger partial charge in [0.05, 0.1) is 11.5 Å². The van der Waals surface area contributed by atoms with E-state index in [0.717, 1.165) is 0 Å². The van der Waals surface area contributed by atoms with E-state index in [1.807, 2.05) is 0 Å². The van der Waals surface area contributed by atoms with Crippen LogP contribution < -0.4 is 5.90 Å². The first-order chi connectivity index (χ1) is 6.15. The van der Waals surface area contributed by atoms with Gasteiger partial charge in [0.25, 0.3) is 0 Å². The number of nitrogens with two attached hydrogens (primary N) is 1. The van der Waals surface area contributed by atoms with Crippen molar-refractivity contribution in [2.75, 3.05) is 0 Å². The molecular weight excluding hydrogens is 212 g/mol. The van der Waals surface area contributed by atoms with E-state index in [1.54, 1.807) is 0 Å². The Kier molecular flexibility index (Phi) is 4.85. The molecule has 7 heteroatoms. The highest BCUT2D eigenvalue weighted by Crippen LogP contribution is 2.26. The Hall–Kier alpha value is -1.37. The summed E-state index contributed by atoms with van der Waals surface area (Å²) in [6.07, 6.45) is 0. The number of hydrogen-bond acceptors (Lipinski definition) is 5. The minimum atomic E-state index is -0.664. The predicted octanol–water partition coefficient (Wildman–Crippen LogP) is 1.11. The molecule has 14 heavy (non-hydrogen) atoms. The molecule has 6 nitrogen and oxygen atoms in total. The molecule has 1 rings (SSSR count). The van der Waals surface area contributed by atoms with Gasteiger partial charge in [-0.1, -0.05) is 0 Å². The summed E-state index contributed by atoms with van der Waals surface area (Å²) >= 11 is 0. The Morgan fingerprint density at radius 1 is 1.57 bits per heavy atom. The summed E-state index contributed by atoms with van der Waals surface area (Å²) in [6.45, 7) is 0.103. The Morgan fingerprint density at radius 2 is 2.21 bits per heavy atom. The summed E-state index contributed by atoms with van der Waals surface area (Å²) in [5, 5.41) is 19.4. The van der Waals surface area contributed by atoms with Crippen molar-refractivity contribution in [3.63, 3.8) is 0 Å². The first-order valence-corrected chi connectivity index (χ1v) is 3.43. The molecule has 1 aromatic rings. The zero-order valence-electron chi connectivity index (χ0n) is 7.04. The van der Waals surface area contributed by atoms with Crippen LogP contribution in [0.1, 0.15) is 5.56 Å². The molecule has 0 heterocycles. The van der Waals surface area contributed by atoms with Crippen LogP contribution in [-0.2, 0) is 11.4 Å². The molecule has 0 saturated heterocycles. The predicted molar refractivity (Wildman–Crippen MR) is 51.0 cm³/mol. The fourth-order valence-corrected chi connectivity index (χ4v) is 0.909. The van der Waals surface area contributed by atoms with Crippen LogP contribution in [0.15, 0.2) is 18.2 Å². The molecule has 0 amide bonds. The van der Waals surface area contributed by atoms with Gasteiger partial charge in [0.1, 0.15) is 0 Å². The molecule has 3 N–H and O–H groups in total. The first-order valence-electron chi connectivity index (χ1n) is 3.43. The highest BCUT2D eigenvalue weighted by atomic mass is 35.5. The third-order valence-corrected chi connectivity index (χ3v) is 1.49. The highest BCUT2D eigenvalue weighted by molar-refractivity contribution is 5.85. The molecule has 78 valence electrons. The lowest BCUT2D eigenvalue weighted by Gasteiger charge is -1.99. The molecule has 0 fully saturated rings. The Balaban J connectivity index is 0.00000169. The first kappa shape index (κ1) is 12.6. The number of nitro benzene ring substituents is 1. The SMILES string of the molecule is Cl.NOCc1ccc([N+](=O)[O-])c(O)c1. The van der Waals surface area contributed by atoms with Gasteiger partial charge in [-0.15, -0.1) is 12.4 Å². The fourth-order valence-electron chi connectivity index (χ4n) is 0.909. The van der Waals surface area contributed by atoms with E-state index in [0.29, 0.717) is 5.56 Å². The zero-order valence-corrected chi connectivity index (χ0v) is 7.86. The number of hydrogen-bond donors (Lipinski definition) is 2. The molecule has 0 bridgehead atoms. The van der Waals surface area contributed by atoms with Gasteiger partial charge in [0.15, 0.2) is 5.75 Å². The van der Waals surface area contributed by atoms with Crippen LogP contribution in [0.2, 0.25) is 0 Å². The number of nitrogens with zero attached hydrogens (tertiary/aromatic N) is 1. The summed E-state index contributed by atoms with van der Waals surface area (Å²) in [5.74, 6) is 4.40. The minimum absolute atomic E-state index is 0. The van der Waals surface area contributed by atoms with Crippen LogP contribution in [0.4, 0.5) is 5.69 Å². The molecule has 0 atom stereocenters. The maximum Gasteiger partial charge on any atom is 0.310 e. The van der Waals surface area contributed by atoms with Crippen molar-refractivity contribution >= 4 is 18.1 Å². The second kappa shape index (κ2) is 5.38. The normalized spacial score (nSPS) is 9.21. The maximum atomic E-state index is 10.3. The summed E-state index contributed by atoms with van der Waals surface area (Å²) in [6, 6.07) is 3.90. The number of phenols is 1. The van der Waals surface area contributed by atoms with Gasteiger partial charge in [-0.2, -0.15) is 0 Å². The molecule has 0 aliphatic rings. The number of benzene rings is 1. The Labute approximate surface area is 85.8 Å². The van der Waals surface area contributed by atoms with E-state index in [9.17, 15) is 10.1 Å². The van der Waals surface area contributed by atoms with Crippen LogP contribution in [-0.4, -0.2) is 10.0 Å². The lowest BCUT2D eigenvalue weighted by atomic mass is 10.2. The van der Waals surface area contributed by atoms with Gasteiger partial charge in [0.2, 0.25) is 0 Å². The lowest BCUT2D eigenvalue weighted by Crippen LogP contribution is -1.99. The lowest BCUT2D eigenvalue weighted by molar-refractivity contribution is -0.385. The molecule has 0 saturated carbocycles. The van der Waals surface area contributed by atoms with Crippen molar-refractivity contribution in [2.45, 2.75) is 6.61 Å². The number of phenolic OH excluding ortho intramolecular Hbond substituents is 1. The Bertz CT molecular complexity index is 331. The van der Waals surface area contributed by atoms with E-state index in [-0.39, 0.29) is 30.5 Å². The van der Waals surface area contributed by atoms with Crippen molar-refractivity contribution < 1.29 is 14.9 Å². The number of rotatable bonds is 3. The number of nitro groups is 1. The number of halogens is 1. The molecular formula is C7H9ClN2O4. The maximum absolute atomic E-state index is 10.3. The van der Waals surface area contributed by atoms with E-state index >= 15 is 0 Å². The summed E-state index contributed by atoms with van der Waals surface area (Å²) in [4.78, 5) is 13.9. The van der Waals surface area contributed by atoms with E-state index in [4.69, 9.17) is 11.0 Å². The van der Waals surface area contributed by atoms with Crippen LogP contribution in [0.5, 0.6) is 5.75 Å². The fraction of sp³-hybridized carbons (Fsp3) is 0.143. The highest BCUT2D eigenvalue weighted by Gasteiger charge is 2.12. The largest absolute Gasteiger partial charge is 0.502 e. The van der Waals surface area contributed by atoms with Gasteiger partial charge in [-0.05, 0) is 17.7 Å². The van der Waals surface area contributed by atoms with Crippen molar-refractivity contribution in [1.29, 1.82) is 0 Å². The van der Waals surface area contributed by atoms with Crippen molar-refractivity contribution in [1.82, 2.24) is 0 Å². The van der Waals surface area contributed by atoms with Crippen LogP contribution >= 0.6 is 12.4 Å². The van der Waals surface area contributed by atoms with Crippen molar-refractivity contribution in [3.05, 3.63) is 33.9 Å². The van der Waals surface area contributed by atoms with E-state index in [1.165, 1.54) is 18.2 Å².